The van der Waals surface area contributed by atoms with Crippen LogP contribution in [0.4, 0.5) is 0 Å². The first-order valence-electron chi connectivity index (χ1n) is 11.1. The van der Waals surface area contributed by atoms with E-state index in [0.717, 1.165) is 39.7 Å². The monoisotopic (exact) mass is 417 g/mol. The number of methoxy groups -OCH3 is 1. The van der Waals surface area contributed by atoms with Gasteiger partial charge in [0, 0.05) is 34.7 Å². The lowest BCUT2D eigenvalue weighted by atomic mass is 9.86. The molecule has 1 amide bonds. The zero-order chi connectivity index (χ0) is 22.0. The van der Waals surface area contributed by atoms with Gasteiger partial charge in [-0.15, -0.1) is 0 Å². The van der Waals surface area contributed by atoms with Crippen molar-refractivity contribution in [1.82, 2.24) is 5.32 Å². The van der Waals surface area contributed by atoms with Gasteiger partial charge in [-0.05, 0) is 49.8 Å². The van der Waals surface area contributed by atoms with Crippen molar-refractivity contribution >= 4 is 22.4 Å². The number of allylic oxidation sites excluding steroid dienone is 1. The summed E-state index contributed by atoms with van der Waals surface area (Å²) in [4.78, 5) is 12.7. The third kappa shape index (κ3) is 4.53. The molecule has 1 N–H and O–H groups in total. The summed E-state index contributed by atoms with van der Waals surface area (Å²) in [6.45, 7) is 6.26. The number of ether oxygens (including phenoxy) is 1. The van der Waals surface area contributed by atoms with Crippen molar-refractivity contribution in [2.45, 2.75) is 52.5 Å². The Morgan fingerprint density at radius 2 is 1.90 bits per heavy atom. The minimum atomic E-state index is -0.0376. The molecule has 4 heteroatoms. The number of benzene rings is 2. The Kier molecular flexibility index (Phi) is 6.17. The van der Waals surface area contributed by atoms with Gasteiger partial charge in [0.2, 0.25) is 5.91 Å². The molecule has 0 aliphatic heterocycles. The topological polar surface area (TPSA) is 51.5 Å². The van der Waals surface area contributed by atoms with Crippen LogP contribution in [0.25, 0.3) is 27.7 Å². The second-order valence-electron chi connectivity index (χ2n) is 8.77. The average Bonchev–Trinajstić information content (AvgIpc) is 3.17. The normalized spacial score (nSPS) is 19.4. The third-order valence-electron chi connectivity index (χ3n) is 6.47. The lowest BCUT2D eigenvalue weighted by molar-refractivity contribution is -0.117. The van der Waals surface area contributed by atoms with Gasteiger partial charge in [0.05, 0.1) is 13.4 Å². The van der Waals surface area contributed by atoms with E-state index in [1.165, 1.54) is 24.8 Å². The summed E-state index contributed by atoms with van der Waals surface area (Å²) in [5, 5.41) is 4.21. The lowest BCUT2D eigenvalue weighted by Crippen LogP contribution is -2.40. The van der Waals surface area contributed by atoms with Crippen molar-refractivity contribution < 1.29 is 13.9 Å². The molecule has 162 valence electrons. The van der Waals surface area contributed by atoms with Crippen LogP contribution in [-0.4, -0.2) is 19.1 Å². The van der Waals surface area contributed by atoms with Crippen molar-refractivity contribution in [2.24, 2.45) is 5.92 Å². The lowest BCUT2D eigenvalue weighted by Gasteiger charge is -2.29. The van der Waals surface area contributed by atoms with Gasteiger partial charge in [0.25, 0.3) is 0 Å². The van der Waals surface area contributed by atoms with Gasteiger partial charge in [-0.3, -0.25) is 4.79 Å². The fourth-order valence-electron chi connectivity index (χ4n) is 4.52. The molecule has 1 saturated carbocycles. The Morgan fingerprint density at radius 1 is 1.16 bits per heavy atom. The zero-order valence-corrected chi connectivity index (χ0v) is 18.8. The average molecular weight is 418 g/mol. The largest absolute Gasteiger partial charge is 0.496 e. The number of nitrogens with one attached hydrogen (secondary N) is 1. The molecule has 2 aromatic carbocycles. The van der Waals surface area contributed by atoms with Crippen LogP contribution >= 0.6 is 0 Å². The summed E-state index contributed by atoms with van der Waals surface area (Å²) >= 11 is 0. The molecule has 1 fully saturated rings. The summed E-state index contributed by atoms with van der Waals surface area (Å²) in [6.07, 6.45) is 8.16. The number of carbonyl (C=O) groups excluding carboxylic acids is 1. The van der Waals surface area contributed by atoms with E-state index in [2.05, 4.69) is 49.5 Å². The summed E-state index contributed by atoms with van der Waals surface area (Å²) in [5.74, 6) is 1.19. The van der Waals surface area contributed by atoms with Crippen LogP contribution in [0.1, 0.15) is 50.7 Å². The van der Waals surface area contributed by atoms with Crippen LogP contribution < -0.4 is 10.1 Å². The molecule has 4 rings (SSSR count). The van der Waals surface area contributed by atoms with Crippen molar-refractivity contribution in [3.05, 3.63) is 59.9 Å². The van der Waals surface area contributed by atoms with Crippen molar-refractivity contribution in [1.29, 1.82) is 0 Å². The first-order valence-corrected chi connectivity index (χ1v) is 11.1. The maximum absolute atomic E-state index is 12.7. The van der Waals surface area contributed by atoms with E-state index >= 15 is 0 Å². The number of furan rings is 1. The molecule has 0 bridgehead atoms. The van der Waals surface area contributed by atoms with Crippen LogP contribution in [0.15, 0.2) is 53.2 Å². The minimum absolute atomic E-state index is 0.0376. The molecule has 3 aromatic rings. The number of hydrogen-bond donors (Lipinski definition) is 1. The number of carbonyl (C=O) groups is 1. The predicted octanol–water partition coefficient (Wildman–Crippen LogP) is 6.52. The standard InChI is InChI=1S/C27H31NO3/c1-17-9-11-20(12-10-17)23-16-31-26-15-25(30-4)21(14-22(23)26)19(3)13-27(29)28-24-8-6-5-7-18(24)2/h9-16,18,24H,5-8H2,1-4H3,(H,28,29)/b19-13+. The predicted molar refractivity (Wildman–Crippen MR) is 126 cm³/mol. The molecule has 2 atom stereocenters. The molecule has 31 heavy (non-hydrogen) atoms. The van der Waals surface area contributed by atoms with Crippen LogP contribution in [0, 0.1) is 12.8 Å². The van der Waals surface area contributed by atoms with Crippen LogP contribution in [0.3, 0.4) is 0 Å². The van der Waals surface area contributed by atoms with Crippen molar-refractivity contribution in [3.63, 3.8) is 0 Å². The number of amides is 1. The van der Waals surface area contributed by atoms with Crippen LogP contribution in [0.2, 0.25) is 0 Å². The molecule has 0 spiro atoms. The van der Waals surface area contributed by atoms with Gasteiger partial charge < -0.3 is 14.5 Å². The van der Waals surface area contributed by atoms with Gasteiger partial charge in [0.1, 0.15) is 11.3 Å². The molecule has 1 aliphatic carbocycles. The molecule has 0 saturated heterocycles. The second-order valence-corrected chi connectivity index (χ2v) is 8.77. The van der Waals surface area contributed by atoms with Gasteiger partial charge >= 0.3 is 0 Å². The fourth-order valence-corrected chi connectivity index (χ4v) is 4.52. The van der Waals surface area contributed by atoms with E-state index in [9.17, 15) is 4.79 Å². The fraction of sp³-hybridized carbons (Fsp3) is 0.370. The van der Waals surface area contributed by atoms with E-state index in [1.807, 2.05) is 13.0 Å². The Bertz CT molecular complexity index is 1110. The summed E-state index contributed by atoms with van der Waals surface area (Å²) in [6, 6.07) is 12.6. The molecule has 1 aromatic heterocycles. The van der Waals surface area contributed by atoms with Crippen LogP contribution in [0.5, 0.6) is 5.75 Å². The molecule has 4 nitrogen and oxygen atoms in total. The number of hydrogen-bond acceptors (Lipinski definition) is 3. The summed E-state index contributed by atoms with van der Waals surface area (Å²) in [5.41, 5.74) is 5.89. The Labute approximate surface area is 184 Å². The molecule has 2 unspecified atom stereocenters. The van der Waals surface area contributed by atoms with Gasteiger partial charge in [-0.25, -0.2) is 0 Å². The number of rotatable bonds is 5. The summed E-state index contributed by atoms with van der Waals surface area (Å²) in [7, 11) is 1.64. The Balaban J connectivity index is 1.66. The molecular weight excluding hydrogens is 386 g/mol. The third-order valence-corrected chi connectivity index (χ3v) is 6.47. The van der Waals surface area contributed by atoms with Crippen molar-refractivity contribution in [2.75, 3.05) is 7.11 Å². The first kappa shape index (κ1) is 21.2. The van der Waals surface area contributed by atoms with E-state index in [4.69, 9.17) is 9.15 Å². The number of aryl methyl sites for hydroxylation is 1. The second kappa shape index (κ2) is 9.01. The maximum atomic E-state index is 12.7. The zero-order valence-electron chi connectivity index (χ0n) is 18.8. The van der Waals surface area contributed by atoms with E-state index in [1.54, 1.807) is 19.4 Å². The number of fused-ring (bicyclic) bond motifs is 1. The van der Waals surface area contributed by atoms with Gasteiger partial charge in [-0.2, -0.15) is 0 Å². The maximum Gasteiger partial charge on any atom is 0.244 e. The van der Waals surface area contributed by atoms with E-state index in [0.29, 0.717) is 11.7 Å². The quantitative estimate of drug-likeness (QED) is 0.481. The highest BCUT2D eigenvalue weighted by atomic mass is 16.5. The van der Waals surface area contributed by atoms with E-state index in [-0.39, 0.29) is 11.9 Å². The highest BCUT2D eigenvalue weighted by Crippen LogP contribution is 2.37. The highest BCUT2D eigenvalue weighted by molar-refractivity contribution is 6.00. The first-order chi connectivity index (χ1) is 15.0. The van der Waals surface area contributed by atoms with Gasteiger partial charge in [-0.1, -0.05) is 49.6 Å². The highest BCUT2D eigenvalue weighted by Gasteiger charge is 2.22. The van der Waals surface area contributed by atoms with E-state index < -0.39 is 0 Å². The molecule has 1 heterocycles. The molecular formula is C27H31NO3. The summed E-state index contributed by atoms with van der Waals surface area (Å²) < 4.78 is 11.4. The van der Waals surface area contributed by atoms with Crippen molar-refractivity contribution in [3.8, 4) is 16.9 Å². The SMILES string of the molecule is COc1cc2occ(-c3ccc(C)cc3)c2cc1/C(C)=C/C(=O)NC1CCCCC1C. The smallest absolute Gasteiger partial charge is 0.244 e. The van der Waals surface area contributed by atoms with Crippen LogP contribution in [-0.2, 0) is 4.79 Å². The van der Waals surface area contributed by atoms with Gasteiger partial charge in [0.15, 0.2) is 0 Å². The molecule has 1 aliphatic rings. The minimum Gasteiger partial charge on any atom is -0.496 e. The Hall–Kier alpha value is -3.01. The Morgan fingerprint density at radius 3 is 2.61 bits per heavy atom. The molecule has 0 radical (unpaired) electrons.